The summed E-state index contributed by atoms with van der Waals surface area (Å²) in [7, 11) is 0. The molecule has 0 unspecified atom stereocenters. The Morgan fingerprint density at radius 2 is 1.45 bits per heavy atom. The van der Waals surface area contributed by atoms with E-state index in [1.54, 1.807) is 0 Å². The molecule has 132 valence electrons. The first-order chi connectivity index (χ1) is 10.6. The standard InChI is InChI=1S/C16H32O6/c1-2-3-4-5-6-7-8-9-10-21-15-14(19)13(18)12(11-17)22-16(15)20/h12-20H,2-11H2,1H3/t12-,13-,14+,15-,16+/m1/s1. The van der Waals surface area contributed by atoms with E-state index in [-0.39, 0.29) is 0 Å². The second kappa shape index (κ2) is 11.3. The maximum atomic E-state index is 9.91. The number of hydrogen-bond donors (Lipinski definition) is 4. The highest BCUT2D eigenvalue weighted by Crippen LogP contribution is 2.22. The van der Waals surface area contributed by atoms with E-state index < -0.39 is 37.3 Å². The van der Waals surface area contributed by atoms with Crippen molar-refractivity contribution in [2.75, 3.05) is 13.2 Å². The van der Waals surface area contributed by atoms with Crippen LogP contribution >= 0.6 is 0 Å². The van der Waals surface area contributed by atoms with Crippen molar-refractivity contribution < 1.29 is 29.9 Å². The van der Waals surface area contributed by atoms with E-state index in [0.29, 0.717) is 6.61 Å². The van der Waals surface area contributed by atoms with Crippen molar-refractivity contribution in [2.45, 2.75) is 89.0 Å². The Morgan fingerprint density at radius 3 is 2.05 bits per heavy atom. The van der Waals surface area contributed by atoms with E-state index in [2.05, 4.69) is 6.92 Å². The highest BCUT2D eigenvalue weighted by atomic mass is 16.7. The molecule has 0 aromatic heterocycles. The minimum atomic E-state index is -1.33. The molecule has 0 aromatic rings. The van der Waals surface area contributed by atoms with Crippen LogP contribution in [-0.2, 0) is 9.47 Å². The summed E-state index contributed by atoms with van der Waals surface area (Å²) < 4.78 is 10.5. The number of aliphatic hydroxyl groups is 4. The third-order valence-electron chi connectivity index (χ3n) is 4.15. The van der Waals surface area contributed by atoms with Gasteiger partial charge in [-0.3, -0.25) is 0 Å². The van der Waals surface area contributed by atoms with Crippen LogP contribution in [-0.4, -0.2) is 64.3 Å². The second-order valence-electron chi connectivity index (χ2n) is 6.04. The number of hydrogen-bond acceptors (Lipinski definition) is 6. The first kappa shape index (κ1) is 19.8. The molecule has 1 fully saturated rings. The first-order valence-electron chi connectivity index (χ1n) is 8.54. The van der Waals surface area contributed by atoms with Crippen molar-refractivity contribution in [1.29, 1.82) is 0 Å². The molecule has 1 rings (SSSR count). The molecular weight excluding hydrogens is 288 g/mol. The summed E-state index contributed by atoms with van der Waals surface area (Å²) in [6.45, 7) is 2.16. The zero-order chi connectivity index (χ0) is 16.4. The third-order valence-corrected chi connectivity index (χ3v) is 4.15. The van der Waals surface area contributed by atoms with Crippen LogP contribution < -0.4 is 0 Å². The van der Waals surface area contributed by atoms with E-state index >= 15 is 0 Å². The van der Waals surface area contributed by atoms with E-state index in [0.717, 1.165) is 19.3 Å². The third kappa shape index (κ3) is 6.48. The molecule has 4 N–H and O–H groups in total. The van der Waals surface area contributed by atoms with Gasteiger partial charge in [0.2, 0.25) is 0 Å². The fourth-order valence-electron chi connectivity index (χ4n) is 2.71. The Balaban J connectivity index is 2.11. The lowest BCUT2D eigenvalue weighted by atomic mass is 9.99. The number of aliphatic hydroxyl groups excluding tert-OH is 4. The van der Waals surface area contributed by atoms with Crippen LogP contribution in [0.4, 0.5) is 0 Å². The lowest BCUT2D eigenvalue weighted by Crippen LogP contribution is -2.59. The SMILES string of the molecule is CCCCCCCCCCO[C@@H]1[C@@H](O)[C@H](O)[C@@H](CO)O[C@@H]1O. The Hall–Kier alpha value is -0.240. The molecule has 0 bridgehead atoms. The minimum Gasteiger partial charge on any atom is -0.394 e. The quantitative estimate of drug-likeness (QED) is 0.423. The van der Waals surface area contributed by atoms with Gasteiger partial charge >= 0.3 is 0 Å². The van der Waals surface area contributed by atoms with Gasteiger partial charge < -0.3 is 29.9 Å². The van der Waals surface area contributed by atoms with E-state index in [4.69, 9.17) is 14.6 Å². The van der Waals surface area contributed by atoms with Crippen LogP contribution in [0.2, 0.25) is 0 Å². The van der Waals surface area contributed by atoms with Gasteiger partial charge in [0.1, 0.15) is 24.4 Å². The molecule has 1 aliphatic rings. The van der Waals surface area contributed by atoms with Crippen molar-refractivity contribution in [2.24, 2.45) is 0 Å². The fraction of sp³-hybridized carbons (Fsp3) is 1.00. The number of rotatable bonds is 11. The summed E-state index contributed by atoms with van der Waals surface area (Å²) in [5.41, 5.74) is 0. The van der Waals surface area contributed by atoms with E-state index in [1.807, 2.05) is 0 Å². The van der Waals surface area contributed by atoms with Crippen LogP contribution in [0.3, 0.4) is 0 Å². The molecule has 6 heteroatoms. The maximum absolute atomic E-state index is 9.91. The summed E-state index contributed by atoms with van der Waals surface area (Å²) in [6.07, 6.45) is 3.64. The minimum absolute atomic E-state index is 0.410. The average molecular weight is 320 g/mol. The predicted octanol–water partition coefficient (Wildman–Crippen LogP) is 0.944. The van der Waals surface area contributed by atoms with Crippen molar-refractivity contribution in [1.82, 2.24) is 0 Å². The van der Waals surface area contributed by atoms with Crippen molar-refractivity contribution >= 4 is 0 Å². The van der Waals surface area contributed by atoms with Gasteiger partial charge in [0.15, 0.2) is 6.29 Å². The van der Waals surface area contributed by atoms with Crippen molar-refractivity contribution in [3.63, 3.8) is 0 Å². The molecule has 22 heavy (non-hydrogen) atoms. The Kier molecular flexibility index (Phi) is 10.2. The van der Waals surface area contributed by atoms with E-state index in [1.165, 1.54) is 32.1 Å². The zero-order valence-corrected chi connectivity index (χ0v) is 13.6. The Bertz CT molecular complexity index is 275. The molecular formula is C16H32O6. The summed E-state index contributed by atoms with van der Waals surface area (Å²) in [5, 5.41) is 38.4. The molecule has 0 spiro atoms. The largest absolute Gasteiger partial charge is 0.394 e. The Labute approximate surface area is 133 Å². The number of unbranched alkanes of at least 4 members (excludes halogenated alkanes) is 7. The molecule has 0 radical (unpaired) electrons. The van der Waals surface area contributed by atoms with Crippen molar-refractivity contribution in [3.05, 3.63) is 0 Å². The Morgan fingerprint density at radius 1 is 0.864 bits per heavy atom. The molecule has 1 aliphatic heterocycles. The van der Waals surface area contributed by atoms with Gasteiger partial charge in [-0.2, -0.15) is 0 Å². The summed E-state index contributed by atoms with van der Waals surface area (Å²) >= 11 is 0. The van der Waals surface area contributed by atoms with Crippen LogP contribution in [0.1, 0.15) is 58.3 Å². The van der Waals surface area contributed by atoms with Gasteiger partial charge in [0, 0.05) is 6.61 Å². The summed E-state index contributed by atoms with van der Waals surface area (Å²) in [6, 6.07) is 0. The van der Waals surface area contributed by atoms with E-state index in [9.17, 15) is 15.3 Å². The molecule has 6 nitrogen and oxygen atoms in total. The van der Waals surface area contributed by atoms with Gasteiger partial charge in [-0.05, 0) is 6.42 Å². The van der Waals surface area contributed by atoms with Crippen LogP contribution in [0.25, 0.3) is 0 Å². The topological polar surface area (TPSA) is 99.4 Å². The van der Waals surface area contributed by atoms with Crippen LogP contribution in [0.5, 0.6) is 0 Å². The van der Waals surface area contributed by atoms with Crippen LogP contribution in [0.15, 0.2) is 0 Å². The molecule has 0 aromatic carbocycles. The molecule has 0 amide bonds. The summed E-state index contributed by atoms with van der Waals surface area (Å²) in [4.78, 5) is 0. The van der Waals surface area contributed by atoms with Crippen molar-refractivity contribution in [3.8, 4) is 0 Å². The monoisotopic (exact) mass is 320 g/mol. The average Bonchev–Trinajstić information content (AvgIpc) is 2.52. The lowest BCUT2D eigenvalue weighted by molar-refractivity contribution is -0.296. The van der Waals surface area contributed by atoms with Gasteiger partial charge in [0.25, 0.3) is 0 Å². The van der Waals surface area contributed by atoms with Gasteiger partial charge in [-0.1, -0.05) is 51.9 Å². The molecule has 1 heterocycles. The predicted molar refractivity (Wildman–Crippen MR) is 82.3 cm³/mol. The summed E-state index contributed by atoms with van der Waals surface area (Å²) in [5.74, 6) is 0. The molecule has 5 atom stereocenters. The smallest absolute Gasteiger partial charge is 0.184 e. The van der Waals surface area contributed by atoms with Crippen LogP contribution in [0, 0.1) is 0 Å². The lowest BCUT2D eigenvalue weighted by Gasteiger charge is -2.39. The van der Waals surface area contributed by atoms with Gasteiger partial charge in [-0.25, -0.2) is 0 Å². The maximum Gasteiger partial charge on any atom is 0.184 e. The zero-order valence-electron chi connectivity index (χ0n) is 13.6. The molecule has 0 aliphatic carbocycles. The fourth-order valence-corrected chi connectivity index (χ4v) is 2.71. The number of ether oxygens (including phenoxy) is 2. The first-order valence-corrected chi connectivity index (χ1v) is 8.54. The highest BCUT2D eigenvalue weighted by Gasteiger charge is 2.44. The molecule has 1 saturated heterocycles. The molecule has 0 saturated carbocycles. The highest BCUT2D eigenvalue weighted by molar-refractivity contribution is 4.89. The second-order valence-corrected chi connectivity index (χ2v) is 6.04. The van der Waals surface area contributed by atoms with Gasteiger partial charge in [-0.15, -0.1) is 0 Å². The van der Waals surface area contributed by atoms with Gasteiger partial charge in [0.05, 0.1) is 6.61 Å². The normalized spacial score (nSPS) is 32.3.